The van der Waals surface area contributed by atoms with E-state index in [1.807, 2.05) is 109 Å². The molecule has 0 radical (unpaired) electrons. The molecule has 80 heavy (non-hydrogen) atoms. The lowest BCUT2D eigenvalue weighted by Crippen LogP contribution is -2.32. The van der Waals surface area contributed by atoms with E-state index in [4.69, 9.17) is 28.9 Å². The molecule has 0 amide bonds. The SMILES string of the molecule is COC(=O)C1=C(C)NC(C)=C(C(=O)OC)C1c1ccc(-c2c3nc(c(-c4ccccc4)c4ccc([nH]4)c(-c4ccc(C5C(C(=O)OC)=C(C)NC(C)=C5C(=O)OC)cc4)c4nc(c(-c5ccccc5)c5ccc2[nH]5)C=C4)C=C3)cc1. The van der Waals surface area contributed by atoms with E-state index in [-0.39, 0.29) is 0 Å². The van der Waals surface area contributed by atoms with Crippen LogP contribution in [-0.4, -0.2) is 72.3 Å². The number of nitrogens with one attached hydrogen (secondary N) is 4. The molecule has 14 nitrogen and oxygen atoms in total. The van der Waals surface area contributed by atoms with Gasteiger partial charge in [-0.2, -0.15) is 0 Å². The van der Waals surface area contributed by atoms with Crippen LogP contribution >= 0.6 is 0 Å². The highest BCUT2D eigenvalue weighted by atomic mass is 16.5. The summed E-state index contributed by atoms with van der Waals surface area (Å²) < 4.78 is 21.1. The lowest BCUT2D eigenvalue weighted by Gasteiger charge is -2.30. The van der Waals surface area contributed by atoms with Gasteiger partial charge in [-0.3, -0.25) is 0 Å². The quantitative estimate of drug-likeness (QED) is 0.0751. The number of aromatic amines is 2. The van der Waals surface area contributed by atoms with Crippen LogP contribution in [0.15, 0.2) is 179 Å². The van der Waals surface area contributed by atoms with Crippen molar-refractivity contribution in [1.29, 1.82) is 0 Å². The van der Waals surface area contributed by atoms with Gasteiger partial charge in [-0.05, 0) is 110 Å². The topological polar surface area (TPSA) is 187 Å². The third-order valence-electron chi connectivity index (χ3n) is 15.1. The molecule has 0 fully saturated rings. The molecule has 0 saturated heterocycles. The minimum atomic E-state index is -0.769. The van der Waals surface area contributed by atoms with Crippen LogP contribution in [-0.2, 0) is 38.1 Å². The van der Waals surface area contributed by atoms with Crippen LogP contribution in [0.3, 0.4) is 0 Å². The van der Waals surface area contributed by atoms with Crippen molar-refractivity contribution in [2.24, 2.45) is 0 Å². The Kier molecular flexibility index (Phi) is 13.9. The summed E-state index contributed by atoms with van der Waals surface area (Å²) in [5.41, 5.74) is 17.9. The third-order valence-corrected chi connectivity index (χ3v) is 15.1. The number of benzene rings is 4. The Labute approximate surface area is 461 Å². The molecule has 4 aromatic carbocycles. The van der Waals surface area contributed by atoms with Crippen molar-refractivity contribution < 1.29 is 38.1 Å². The molecule has 0 saturated carbocycles. The molecule has 4 aliphatic heterocycles. The number of hydrogen-bond donors (Lipinski definition) is 4. The van der Waals surface area contributed by atoms with Crippen LogP contribution in [0.4, 0.5) is 0 Å². The largest absolute Gasteiger partial charge is 0.466 e. The summed E-state index contributed by atoms with van der Waals surface area (Å²) in [5, 5.41) is 6.38. The molecule has 14 heteroatoms. The van der Waals surface area contributed by atoms with Gasteiger partial charge in [0.1, 0.15) is 0 Å². The van der Waals surface area contributed by atoms with Crippen LogP contribution in [0.25, 0.3) is 90.9 Å². The van der Waals surface area contributed by atoms with Gasteiger partial charge in [-0.25, -0.2) is 29.1 Å². The summed E-state index contributed by atoms with van der Waals surface area (Å²) in [6, 6.07) is 44.1. The summed E-state index contributed by atoms with van der Waals surface area (Å²) in [7, 11) is 5.31. The fourth-order valence-corrected chi connectivity index (χ4v) is 11.5. The number of methoxy groups -OCH3 is 4. The Bertz CT molecular complexity index is 3760. The molecule has 398 valence electrons. The highest BCUT2D eigenvalue weighted by Crippen LogP contribution is 2.44. The van der Waals surface area contributed by atoms with E-state index in [0.29, 0.717) is 67.6 Å². The van der Waals surface area contributed by atoms with Crippen LogP contribution in [0.5, 0.6) is 0 Å². The first-order chi connectivity index (χ1) is 38.8. The van der Waals surface area contributed by atoms with Crippen LogP contribution in [0.1, 0.15) is 73.4 Å². The number of dihydropyridines is 2. The molecule has 0 unspecified atom stereocenters. The first kappa shape index (κ1) is 52.0. The van der Waals surface area contributed by atoms with Crippen molar-refractivity contribution in [3.05, 3.63) is 212 Å². The van der Waals surface area contributed by atoms with Gasteiger partial charge in [0.25, 0.3) is 0 Å². The normalized spacial score (nSPS) is 14.5. The molecule has 4 aliphatic rings. The second kappa shape index (κ2) is 21.4. The maximum absolute atomic E-state index is 13.5. The van der Waals surface area contributed by atoms with E-state index < -0.39 is 35.7 Å². The van der Waals surface area contributed by atoms with Crippen LogP contribution in [0, 0.1) is 0 Å². The zero-order valence-corrected chi connectivity index (χ0v) is 45.3. The number of nitrogens with zero attached hydrogens (tertiary/aromatic N) is 2. The van der Waals surface area contributed by atoms with Crippen molar-refractivity contribution in [1.82, 2.24) is 30.6 Å². The first-order valence-corrected chi connectivity index (χ1v) is 26.0. The van der Waals surface area contributed by atoms with Crippen molar-refractivity contribution in [3.63, 3.8) is 0 Å². The number of carbonyl (C=O) groups excluding carboxylic acids is 4. The predicted molar refractivity (Wildman–Crippen MR) is 311 cm³/mol. The molecule has 11 rings (SSSR count). The van der Waals surface area contributed by atoms with Gasteiger partial charge in [-0.15, -0.1) is 0 Å². The van der Waals surface area contributed by atoms with Gasteiger partial charge in [-0.1, -0.05) is 109 Å². The molecular weight excluding hydrogens is 1000 g/mol. The van der Waals surface area contributed by atoms with Crippen molar-refractivity contribution in [2.75, 3.05) is 28.4 Å². The lowest BCUT2D eigenvalue weighted by molar-refractivity contribution is -0.139. The molecule has 4 N–H and O–H groups in total. The minimum absolute atomic E-state index is 0.312. The van der Waals surface area contributed by atoms with E-state index in [0.717, 1.165) is 78.0 Å². The minimum Gasteiger partial charge on any atom is -0.466 e. The smallest absolute Gasteiger partial charge is 0.336 e. The zero-order valence-electron chi connectivity index (χ0n) is 45.3. The third kappa shape index (κ3) is 9.19. The van der Waals surface area contributed by atoms with E-state index in [9.17, 15) is 19.2 Å². The second-order valence-corrected chi connectivity index (χ2v) is 19.7. The Morgan fingerprint density at radius 3 is 0.850 bits per heavy atom. The van der Waals surface area contributed by atoms with Gasteiger partial charge >= 0.3 is 23.9 Å². The summed E-state index contributed by atoms with van der Waals surface area (Å²) in [6.07, 6.45) is 8.11. The van der Waals surface area contributed by atoms with Gasteiger partial charge in [0.05, 0.1) is 85.3 Å². The van der Waals surface area contributed by atoms with Gasteiger partial charge in [0.2, 0.25) is 0 Å². The van der Waals surface area contributed by atoms with Crippen LogP contribution < -0.4 is 10.6 Å². The number of H-pyrrole nitrogens is 2. The van der Waals surface area contributed by atoms with Crippen LogP contribution in [0.2, 0.25) is 0 Å². The van der Waals surface area contributed by atoms with Crippen molar-refractivity contribution in [3.8, 4) is 44.5 Å². The van der Waals surface area contributed by atoms with Gasteiger partial charge in [0, 0.05) is 67.1 Å². The summed E-state index contributed by atoms with van der Waals surface area (Å²) in [5.74, 6) is -3.76. The Balaban J connectivity index is 1.16. The van der Waals surface area contributed by atoms with E-state index in [2.05, 4.69) is 69.1 Å². The monoisotopic (exact) mass is 1060 g/mol. The van der Waals surface area contributed by atoms with E-state index in [1.54, 1.807) is 27.7 Å². The molecule has 3 aromatic heterocycles. The lowest BCUT2D eigenvalue weighted by atomic mass is 9.80. The van der Waals surface area contributed by atoms with E-state index >= 15 is 0 Å². The van der Waals surface area contributed by atoms with Gasteiger partial charge < -0.3 is 39.5 Å². The maximum Gasteiger partial charge on any atom is 0.336 e. The number of esters is 4. The number of hydrogen-bond acceptors (Lipinski definition) is 12. The number of rotatable bonds is 10. The zero-order chi connectivity index (χ0) is 55.9. The Morgan fingerprint density at radius 2 is 0.600 bits per heavy atom. The highest BCUT2D eigenvalue weighted by Gasteiger charge is 2.39. The summed E-state index contributed by atoms with van der Waals surface area (Å²) in [4.78, 5) is 72.4. The number of ether oxygens (including phenoxy) is 4. The summed E-state index contributed by atoms with van der Waals surface area (Å²) >= 11 is 0. The molecular formula is C66H56N6O8. The fourth-order valence-electron chi connectivity index (χ4n) is 11.5. The molecule has 0 spiro atoms. The molecule has 8 bridgehead atoms. The Morgan fingerprint density at radius 1 is 0.350 bits per heavy atom. The highest BCUT2D eigenvalue weighted by molar-refractivity contribution is 6.03. The standard InChI is InChI=1S/C66H56N6O8/c1-35-53(63(73)77-5)61(54(36(2)67-35)64(74)78-6)43-23-19-41(20-24-43)59-49-31-27-45(69-49)57(39-15-11-9-12-16-39)47-29-33-51(71-47)60(52-34-30-48(72-52)58(40-17-13-10-14-18-40)46-28-32-50(59)70-46)42-21-25-44(26-22-42)62-55(65(75)79-7)37(3)68-38(4)56(62)66(76)80-8/h9-34,61-62,67-69,72H,1-8H3. The predicted octanol–water partition coefficient (Wildman–Crippen LogP) is 12.5. The first-order valence-electron chi connectivity index (χ1n) is 26.0. The molecule has 0 aliphatic carbocycles. The number of allylic oxidation sites excluding steroid dienone is 4. The molecule has 7 aromatic rings. The number of carbonyl (C=O) groups is 4. The average Bonchev–Trinajstić information content (AvgIpc) is 4.40. The average molecular weight is 1060 g/mol. The second-order valence-electron chi connectivity index (χ2n) is 19.7. The van der Waals surface area contributed by atoms with E-state index in [1.165, 1.54) is 28.4 Å². The maximum atomic E-state index is 13.5. The Hall–Kier alpha value is -10.1. The van der Waals surface area contributed by atoms with Crippen molar-refractivity contribution >= 4 is 70.2 Å². The summed E-state index contributed by atoms with van der Waals surface area (Å²) in [6.45, 7) is 7.17. The van der Waals surface area contributed by atoms with Gasteiger partial charge in [0.15, 0.2) is 0 Å². The number of fused-ring (bicyclic) bond motifs is 8. The number of aromatic nitrogens is 4. The van der Waals surface area contributed by atoms with Crippen molar-refractivity contribution in [2.45, 2.75) is 39.5 Å². The molecule has 0 atom stereocenters. The molecule has 7 heterocycles. The fraction of sp³-hybridized carbons (Fsp3) is 0.152.